The number of hydrogen-bond donors (Lipinski definition) is 1. The van der Waals surface area contributed by atoms with E-state index in [9.17, 15) is 14.7 Å². The van der Waals surface area contributed by atoms with Crippen LogP contribution in [0.1, 0.15) is 29.8 Å². The molecule has 2 aliphatic heterocycles. The number of aliphatic hydroxyl groups excluding tert-OH is 1. The summed E-state index contributed by atoms with van der Waals surface area (Å²) in [5, 5.41) is 13.0. The summed E-state index contributed by atoms with van der Waals surface area (Å²) in [6.07, 6.45) is 0.745. The highest BCUT2D eigenvalue weighted by atomic mass is 32.1. The highest BCUT2D eigenvalue weighted by molar-refractivity contribution is 7.10. The number of amides is 1. The van der Waals surface area contributed by atoms with Crippen LogP contribution in [0.5, 0.6) is 5.75 Å². The number of morpholine rings is 1. The first kappa shape index (κ1) is 22.5. The van der Waals surface area contributed by atoms with Crippen LogP contribution in [0.4, 0.5) is 0 Å². The number of hydrogen-bond acceptors (Lipinski definition) is 7. The molecule has 3 heterocycles. The predicted molar refractivity (Wildman–Crippen MR) is 123 cm³/mol. The second-order valence-corrected chi connectivity index (χ2v) is 8.76. The van der Waals surface area contributed by atoms with E-state index in [1.54, 1.807) is 29.2 Å². The Hall–Kier alpha value is -2.68. The van der Waals surface area contributed by atoms with Crippen molar-refractivity contribution in [1.82, 2.24) is 9.80 Å². The summed E-state index contributed by atoms with van der Waals surface area (Å²) in [7, 11) is 0. The molecule has 1 aromatic carbocycles. The van der Waals surface area contributed by atoms with E-state index < -0.39 is 17.7 Å². The summed E-state index contributed by atoms with van der Waals surface area (Å²) in [6, 6.07) is 10.2. The molecule has 32 heavy (non-hydrogen) atoms. The Morgan fingerprint density at radius 2 is 2.00 bits per heavy atom. The lowest BCUT2D eigenvalue weighted by molar-refractivity contribution is -0.140. The van der Waals surface area contributed by atoms with Gasteiger partial charge in [-0.25, -0.2) is 0 Å². The van der Waals surface area contributed by atoms with Crippen LogP contribution < -0.4 is 4.74 Å². The third-order valence-corrected chi connectivity index (χ3v) is 6.67. The normalized spacial score (nSPS) is 21.3. The summed E-state index contributed by atoms with van der Waals surface area (Å²) in [4.78, 5) is 30.8. The van der Waals surface area contributed by atoms with E-state index in [-0.39, 0.29) is 11.3 Å². The second kappa shape index (κ2) is 10.3. The zero-order chi connectivity index (χ0) is 22.5. The summed E-state index contributed by atoms with van der Waals surface area (Å²) in [5.74, 6) is -0.773. The highest BCUT2D eigenvalue weighted by Crippen LogP contribution is 2.41. The summed E-state index contributed by atoms with van der Waals surface area (Å²) < 4.78 is 10.9. The molecule has 7 nitrogen and oxygen atoms in total. The minimum absolute atomic E-state index is 0.137. The average Bonchev–Trinajstić information content (AvgIpc) is 3.42. The Morgan fingerprint density at radius 3 is 2.72 bits per heavy atom. The zero-order valence-corrected chi connectivity index (χ0v) is 19.0. The van der Waals surface area contributed by atoms with Crippen LogP contribution >= 0.6 is 11.3 Å². The summed E-state index contributed by atoms with van der Waals surface area (Å²) in [6.45, 7) is 6.85. The smallest absolute Gasteiger partial charge is 0.295 e. The molecule has 0 spiro atoms. The van der Waals surface area contributed by atoms with Crippen molar-refractivity contribution in [2.75, 3.05) is 46.0 Å². The number of nitrogens with zero attached hydrogens (tertiary/aromatic N) is 2. The van der Waals surface area contributed by atoms with Crippen molar-refractivity contribution >= 4 is 28.8 Å². The molecule has 1 amide bonds. The third-order valence-electron chi connectivity index (χ3n) is 5.75. The zero-order valence-electron chi connectivity index (χ0n) is 18.2. The van der Waals surface area contributed by atoms with Gasteiger partial charge in [0, 0.05) is 36.6 Å². The van der Waals surface area contributed by atoms with Gasteiger partial charge in [0.2, 0.25) is 0 Å². The van der Waals surface area contributed by atoms with E-state index in [1.165, 1.54) is 11.3 Å². The molecule has 2 aliphatic rings. The number of carbonyl (C=O) groups excluding carboxylic acids is 2. The summed E-state index contributed by atoms with van der Waals surface area (Å²) in [5.41, 5.74) is 0.598. The van der Waals surface area contributed by atoms with E-state index in [4.69, 9.17) is 9.47 Å². The van der Waals surface area contributed by atoms with Crippen LogP contribution in [-0.4, -0.2) is 72.6 Å². The number of aliphatic hydroxyl groups is 1. The number of ether oxygens (including phenoxy) is 2. The lowest BCUT2D eigenvalue weighted by Gasteiger charge is -2.28. The van der Waals surface area contributed by atoms with Gasteiger partial charge in [0.1, 0.15) is 11.5 Å². The Balaban J connectivity index is 1.62. The Morgan fingerprint density at radius 1 is 1.19 bits per heavy atom. The van der Waals surface area contributed by atoms with Crippen molar-refractivity contribution in [3.8, 4) is 5.75 Å². The largest absolute Gasteiger partial charge is 0.507 e. The maximum absolute atomic E-state index is 13.0. The topological polar surface area (TPSA) is 79.3 Å². The van der Waals surface area contributed by atoms with Crippen LogP contribution in [-0.2, 0) is 14.3 Å². The number of benzene rings is 1. The monoisotopic (exact) mass is 456 g/mol. The van der Waals surface area contributed by atoms with Crippen molar-refractivity contribution < 1.29 is 24.2 Å². The van der Waals surface area contributed by atoms with Crippen molar-refractivity contribution in [3.05, 3.63) is 57.8 Å². The molecule has 0 saturated carbocycles. The van der Waals surface area contributed by atoms with Gasteiger partial charge >= 0.3 is 0 Å². The predicted octanol–water partition coefficient (Wildman–Crippen LogP) is 3.29. The van der Waals surface area contributed by atoms with E-state index in [1.807, 2.05) is 24.4 Å². The quantitative estimate of drug-likeness (QED) is 0.373. The van der Waals surface area contributed by atoms with Crippen molar-refractivity contribution in [3.63, 3.8) is 0 Å². The van der Waals surface area contributed by atoms with Crippen LogP contribution in [0.25, 0.3) is 5.76 Å². The van der Waals surface area contributed by atoms with Gasteiger partial charge < -0.3 is 19.5 Å². The molecule has 1 atom stereocenters. The number of carbonyl (C=O) groups is 2. The van der Waals surface area contributed by atoms with Crippen LogP contribution in [0.15, 0.2) is 47.4 Å². The molecule has 4 rings (SSSR count). The van der Waals surface area contributed by atoms with Gasteiger partial charge in [-0.05, 0) is 36.9 Å². The minimum atomic E-state index is -0.644. The van der Waals surface area contributed by atoms with Gasteiger partial charge in [-0.2, -0.15) is 0 Å². The fourth-order valence-corrected chi connectivity index (χ4v) is 5.04. The van der Waals surface area contributed by atoms with Crippen molar-refractivity contribution in [2.24, 2.45) is 0 Å². The SMILES string of the molecule is CCOc1cccc(C(O)=C2C(=O)C(=O)N(CCCN3CCOCC3)C2c2cccs2)c1. The lowest BCUT2D eigenvalue weighted by atomic mass is 9.99. The first-order chi connectivity index (χ1) is 15.6. The van der Waals surface area contributed by atoms with Crippen LogP contribution in [0.2, 0.25) is 0 Å². The average molecular weight is 457 g/mol. The van der Waals surface area contributed by atoms with E-state index in [0.29, 0.717) is 24.5 Å². The van der Waals surface area contributed by atoms with Gasteiger partial charge in [-0.3, -0.25) is 14.5 Å². The van der Waals surface area contributed by atoms with E-state index in [2.05, 4.69) is 4.90 Å². The van der Waals surface area contributed by atoms with E-state index in [0.717, 1.165) is 44.1 Å². The summed E-state index contributed by atoms with van der Waals surface area (Å²) >= 11 is 1.47. The van der Waals surface area contributed by atoms with Crippen molar-refractivity contribution in [2.45, 2.75) is 19.4 Å². The molecule has 2 aromatic rings. The minimum Gasteiger partial charge on any atom is -0.507 e. The first-order valence-corrected chi connectivity index (χ1v) is 11.8. The molecule has 170 valence electrons. The number of ketones is 1. The maximum Gasteiger partial charge on any atom is 0.295 e. The Kier molecular flexibility index (Phi) is 7.24. The molecular weight excluding hydrogens is 428 g/mol. The molecule has 1 N–H and O–H groups in total. The second-order valence-electron chi connectivity index (χ2n) is 7.78. The van der Waals surface area contributed by atoms with Crippen LogP contribution in [0, 0.1) is 0 Å². The lowest BCUT2D eigenvalue weighted by Crippen LogP contribution is -2.38. The standard InChI is InChI=1S/C24H28N2O5S/c1-2-31-18-7-3-6-17(16-18)22(27)20-21(19-8-4-15-32-19)26(24(29)23(20)28)10-5-9-25-11-13-30-14-12-25/h3-4,6-8,15-16,21,27H,2,5,9-14H2,1H3. The number of thiophene rings is 1. The molecule has 2 saturated heterocycles. The molecule has 1 unspecified atom stereocenters. The fourth-order valence-electron chi connectivity index (χ4n) is 4.20. The fraction of sp³-hybridized carbons (Fsp3) is 0.417. The number of Topliss-reactive ketones (excluding diaryl/α,β-unsaturated/α-hetero) is 1. The van der Waals surface area contributed by atoms with E-state index >= 15 is 0 Å². The molecular formula is C24H28N2O5S. The van der Waals surface area contributed by atoms with Gasteiger partial charge in [-0.15, -0.1) is 11.3 Å². The maximum atomic E-state index is 13.0. The number of likely N-dealkylation sites (tertiary alicyclic amines) is 1. The molecule has 1 aromatic heterocycles. The van der Waals surface area contributed by atoms with Gasteiger partial charge in [-0.1, -0.05) is 18.2 Å². The molecule has 8 heteroatoms. The molecule has 0 aliphatic carbocycles. The molecule has 0 bridgehead atoms. The third kappa shape index (κ3) is 4.72. The molecule has 2 fully saturated rings. The molecule has 0 radical (unpaired) electrons. The van der Waals surface area contributed by atoms with Crippen molar-refractivity contribution in [1.29, 1.82) is 0 Å². The van der Waals surface area contributed by atoms with Gasteiger partial charge in [0.15, 0.2) is 0 Å². The van der Waals surface area contributed by atoms with Gasteiger partial charge in [0.05, 0.1) is 31.4 Å². The Labute approximate surface area is 191 Å². The number of rotatable bonds is 8. The Bertz CT molecular complexity index is 982. The first-order valence-electron chi connectivity index (χ1n) is 10.9. The van der Waals surface area contributed by atoms with Gasteiger partial charge in [0.25, 0.3) is 11.7 Å². The highest BCUT2D eigenvalue weighted by Gasteiger charge is 2.46. The van der Waals surface area contributed by atoms with Crippen LogP contribution in [0.3, 0.4) is 0 Å².